The second kappa shape index (κ2) is 10.3. The summed E-state index contributed by atoms with van der Waals surface area (Å²) >= 11 is 0. The molecule has 7 heteroatoms. The summed E-state index contributed by atoms with van der Waals surface area (Å²) in [7, 11) is 0. The maximum absolute atomic E-state index is 5.92. The number of halogens is 1. The van der Waals surface area contributed by atoms with Crippen LogP contribution in [-0.2, 0) is 6.54 Å². The highest BCUT2D eigenvalue weighted by atomic mass is 127. The number of guanidine groups is 1. The number of nitrogens with two attached hydrogens (primary N) is 1. The molecule has 0 aliphatic carbocycles. The quantitative estimate of drug-likeness (QED) is 0.288. The van der Waals surface area contributed by atoms with Crippen molar-refractivity contribution in [1.29, 1.82) is 0 Å². The van der Waals surface area contributed by atoms with E-state index in [1.165, 1.54) is 5.69 Å². The summed E-state index contributed by atoms with van der Waals surface area (Å²) in [5.74, 6) is 1.26. The number of nitrogens with one attached hydrogen (secondary N) is 1. The summed E-state index contributed by atoms with van der Waals surface area (Å²) in [6.45, 7) is 9.57. The first-order valence-electron chi connectivity index (χ1n) is 8.29. The van der Waals surface area contributed by atoms with Gasteiger partial charge in [-0.15, -0.1) is 24.0 Å². The monoisotopic (exact) mass is 457 g/mol. The van der Waals surface area contributed by atoms with E-state index >= 15 is 0 Å². The predicted molar refractivity (Wildman–Crippen MR) is 114 cm³/mol. The number of hydrogen-bond donors (Lipinski definition) is 2. The molecule has 138 valence electrons. The number of nitrogens with zero attached hydrogens (tertiary/aromatic N) is 3. The van der Waals surface area contributed by atoms with Crippen molar-refractivity contribution in [3.63, 3.8) is 0 Å². The molecule has 2 rings (SSSR count). The molecule has 0 unspecified atom stereocenters. The molecule has 0 saturated carbocycles. The zero-order valence-corrected chi connectivity index (χ0v) is 17.7. The number of aromatic nitrogens is 2. The molecule has 1 heterocycles. The lowest BCUT2D eigenvalue weighted by atomic mass is 10.3. The Morgan fingerprint density at radius 1 is 1.28 bits per heavy atom. The van der Waals surface area contributed by atoms with Crippen molar-refractivity contribution in [3.05, 3.63) is 41.7 Å². The van der Waals surface area contributed by atoms with Crippen LogP contribution in [0.5, 0.6) is 5.75 Å². The highest BCUT2D eigenvalue weighted by molar-refractivity contribution is 14.0. The van der Waals surface area contributed by atoms with E-state index in [2.05, 4.69) is 28.4 Å². The fraction of sp³-hybridized carbons (Fsp3) is 0.444. The minimum absolute atomic E-state index is 0. The van der Waals surface area contributed by atoms with Gasteiger partial charge in [0, 0.05) is 24.5 Å². The molecule has 0 aliphatic heterocycles. The highest BCUT2D eigenvalue weighted by Crippen LogP contribution is 2.16. The standard InChI is InChI=1S/C18H27N5O.HI/c1-13(2)24-17-8-6-16(7-9-17)21-18(19)20-10-5-11-23-15(4)12-14(3)22-23;/h6-9,12-13H,5,10-11H2,1-4H3,(H3,19,20,21);1H. The average Bonchev–Trinajstić information content (AvgIpc) is 2.83. The van der Waals surface area contributed by atoms with Gasteiger partial charge in [-0.2, -0.15) is 5.10 Å². The van der Waals surface area contributed by atoms with Crippen molar-refractivity contribution in [2.45, 2.75) is 46.8 Å². The largest absolute Gasteiger partial charge is 0.491 e. The Hall–Kier alpha value is -1.77. The molecular formula is C18H28IN5O. The van der Waals surface area contributed by atoms with Crippen LogP contribution >= 0.6 is 24.0 Å². The van der Waals surface area contributed by atoms with Crippen LogP contribution < -0.4 is 15.8 Å². The summed E-state index contributed by atoms with van der Waals surface area (Å²) in [4.78, 5) is 4.35. The molecule has 0 atom stereocenters. The Kier molecular flexibility index (Phi) is 8.74. The van der Waals surface area contributed by atoms with Crippen molar-refractivity contribution in [2.24, 2.45) is 10.7 Å². The number of aliphatic imine (C=N–C) groups is 1. The van der Waals surface area contributed by atoms with Gasteiger partial charge in [0.05, 0.1) is 11.8 Å². The van der Waals surface area contributed by atoms with Gasteiger partial charge in [-0.3, -0.25) is 9.67 Å². The summed E-state index contributed by atoms with van der Waals surface area (Å²) in [6, 6.07) is 9.76. The van der Waals surface area contributed by atoms with Crippen LogP contribution in [0.2, 0.25) is 0 Å². The second-order valence-corrected chi connectivity index (χ2v) is 6.09. The van der Waals surface area contributed by atoms with Crippen LogP contribution in [0.3, 0.4) is 0 Å². The molecule has 2 aromatic rings. The minimum atomic E-state index is 0. The first kappa shape index (κ1) is 21.3. The van der Waals surface area contributed by atoms with Crippen molar-refractivity contribution in [2.75, 3.05) is 11.9 Å². The van der Waals surface area contributed by atoms with Crippen molar-refractivity contribution in [1.82, 2.24) is 9.78 Å². The number of aryl methyl sites for hydroxylation is 3. The van der Waals surface area contributed by atoms with Gasteiger partial charge in [-0.05, 0) is 64.4 Å². The molecule has 0 aliphatic rings. The molecule has 6 nitrogen and oxygen atoms in total. The minimum Gasteiger partial charge on any atom is -0.491 e. The molecule has 1 aromatic heterocycles. The third kappa shape index (κ3) is 7.33. The van der Waals surface area contributed by atoms with E-state index in [0.29, 0.717) is 12.5 Å². The van der Waals surface area contributed by atoms with Gasteiger partial charge < -0.3 is 15.8 Å². The molecule has 0 amide bonds. The van der Waals surface area contributed by atoms with Crippen molar-refractivity contribution >= 4 is 35.6 Å². The highest BCUT2D eigenvalue weighted by Gasteiger charge is 2.01. The first-order chi connectivity index (χ1) is 11.4. The normalized spacial score (nSPS) is 11.3. The van der Waals surface area contributed by atoms with Crippen LogP contribution in [0.1, 0.15) is 31.7 Å². The zero-order valence-electron chi connectivity index (χ0n) is 15.3. The van der Waals surface area contributed by atoms with E-state index in [0.717, 1.165) is 30.1 Å². The van der Waals surface area contributed by atoms with E-state index in [1.807, 2.05) is 49.7 Å². The number of hydrogen-bond acceptors (Lipinski definition) is 3. The van der Waals surface area contributed by atoms with Crippen LogP contribution in [0.4, 0.5) is 5.69 Å². The number of ether oxygens (including phenoxy) is 1. The molecule has 0 fully saturated rings. The van der Waals surface area contributed by atoms with Gasteiger partial charge in [-0.1, -0.05) is 0 Å². The zero-order chi connectivity index (χ0) is 17.5. The fourth-order valence-corrected chi connectivity index (χ4v) is 2.40. The number of anilines is 1. The van der Waals surface area contributed by atoms with Gasteiger partial charge in [-0.25, -0.2) is 0 Å². The molecule has 0 spiro atoms. The Morgan fingerprint density at radius 2 is 1.96 bits per heavy atom. The second-order valence-electron chi connectivity index (χ2n) is 6.09. The lowest BCUT2D eigenvalue weighted by Gasteiger charge is -2.11. The smallest absolute Gasteiger partial charge is 0.193 e. The lowest BCUT2D eigenvalue weighted by molar-refractivity contribution is 0.242. The average molecular weight is 457 g/mol. The maximum atomic E-state index is 5.92. The van der Waals surface area contributed by atoms with E-state index in [-0.39, 0.29) is 30.1 Å². The third-order valence-corrected chi connectivity index (χ3v) is 3.41. The maximum Gasteiger partial charge on any atom is 0.193 e. The summed E-state index contributed by atoms with van der Waals surface area (Å²) in [5, 5.41) is 7.52. The fourth-order valence-electron chi connectivity index (χ4n) is 2.40. The summed E-state index contributed by atoms with van der Waals surface area (Å²) in [5.41, 5.74) is 9.03. The van der Waals surface area contributed by atoms with E-state index in [1.54, 1.807) is 0 Å². The SMILES string of the molecule is Cc1cc(C)n(CCCN=C(N)Nc2ccc(OC(C)C)cc2)n1.I. The van der Waals surface area contributed by atoms with Crippen LogP contribution in [0, 0.1) is 13.8 Å². The molecule has 0 radical (unpaired) electrons. The predicted octanol–water partition coefficient (Wildman–Crippen LogP) is 3.72. The van der Waals surface area contributed by atoms with Gasteiger partial charge >= 0.3 is 0 Å². The molecule has 0 bridgehead atoms. The molecule has 1 aromatic carbocycles. The topological polar surface area (TPSA) is 77.5 Å². The van der Waals surface area contributed by atoms with E-state index in [4.69, 9.17) is 10.5 Å². The van der Waals surface area contributed by atoms with Gasteiger partial charge in [0.15, 0.2) is 5.96 Å². The molecular weight excluding hydrogens is 429 g/mol. The number of benzene rings is 1. The van der Waals surface area contributed by atoms with Crippen molar-refractivity contribution in [3.8, 4) is 5.75 Å². The Bertz CT molecular complexity index is 679. The Balaban J connectivity index is 0.00000312. The lowest BCUT2D eigenvalue weighted by Crippen LogP contribution is -2.23. The Labute approximate surface area is 166 Å². The van der Waals surface area contributed by atoms with Crippen molar-refractivity contribution < 1.29 is 4.74 Å². The van der Waals surface area contributed by atoms with Gasteiger partial charge in [0.1, 0.15) is 5.75 Å². The van der Waals surface area contributed by atoms with Gasteiger partial charge in [0.25, 0.3) is 0 Å². The first-order valence-corrected chi connectivity index (χ1v) is 8.29. The molecule has 3 N–H and O–H groups in total. The number of rotatable bonds is 7. The van der Waals surface area contributed by atoms with Crippen LogP contribution in [0.15, 0.2) is 35.3 Å². The Morgan fingerprint density at radius 3 is 2.52 bits per heavy atom. The summed E-state index contributed by atoms with van der Waals surface area (Å²) < 4.78 is 7.61. The van der Waals surface area contributed by atoms with Crippen LogP contribution in [-0.4, -0.2) is 28.4 Å². The molecule has 25 heavy (non-hydrogen) atoms. The molecule has 0 saturated heterocycles. The van der Waals surface area contributed by atoms with Gasteiger partial charge in [0.2, 0.25) is 0 Å². The summed E-state index contributed by atoms with van der Waals surface area (Å²) in [6.07, 6.45) is 1.06. The van der Waals surface area contributed by atoms with E-state index < -0.39 is 0 Å². The van der Waals surface area contributed by atoms with E-state index in [9.17, 15) is 0 Å². The third-order valence-electron chi connectivity index (χ3n) is 3.41. The van der Waals surface area contributed by atoms with Crippen LogP contribution in [0.25, 0.3) is 0 Å².